The van der Waals surface area contributed by atoms with E-state index in [1.54, 1.807) is 25.7 Å². The first-order chi connectivity index (χ1) is 12.6. The summed E-state index contributed by atoms with van der Waals surface area (Å²) in [5.41, 5.74) is 3.17. The number of rotatable bonds is 2. The van der Waals surface area contributed by atoms with Crippen molar-refractivity contribution >= 4 is 0 Å². The Morgan fingerprint density at radius 1 is 0.889 bits per heavy atom. The van der Waals surface area contributed by atoms with E-state index in [-0.39, 0.29) is 0 Å². The van der Waals surface area contributed by atoms with Crippen molar-refractivity contribution in [3.05, 3.63) is 0 Å². The Balaban J connectivity index is 1.71. The fourth-order valence-corrected chi connectivity index (χ4v) is 13.8. The molecule has 6 aliphatic carbocycles. The fraction of sp³-hybridized carbons (Fsp3) is 1.00. The first kappa shape index (κ1) is 17.8. The summed E-state index contributed by atoms with van der Waals surface area (Å²) in [5, 5.41) is 0. The molecule has 0 nitrogen and oxygen atoms in total. The predicted molar refractivity (Wildman–Crippen MR) is 113 cm³/mol. The maximum absolute atomic E-state index is 2.89. The van der Waals surface area contributed by atoms with Crippen LogP contribution in [0.15, 0.2) is 0 Å². The highest BCUT2D eigenvalue weighted by Crippen LogP contribution is 2.95. The molecule has 6 fully saturated rings. The fourth-order valence-electron chi connectivity index (χ4n) is 13.8. The Hall–Kier alpha value is 0. The van der Waals surface area contributed by atoms with Crippen LogP contribution < -0.4 is 0 Å². The maximum atomic E-state index is 2.89. The van der Waals surface area contributed by atoms with Gasteiger partial charge in [-0.25, -0.2) is 0 Å². The first-order valence-corrected chi connectivity index (χ1v) is 12.6. The van der Waals surface area contributed by atoms with E-state index >= 15 is 0 Å². The molecule has 0 aromatic carbocycles. The van der Waals surface area contributed by atoms with Gasteiger partial charge in [0.05, 0.1) is 0 Å². The average molecular weight is 369 g/mol. The van der Waals surface area contributed by atoms with Crippen molar-refractivity contribution in [3.8, 4) is 0 Å². The summed E-state index contributed by atoms with van der Waals surface area (Å²) in [7, 11) is 0. The van der Waals surface area contributed by atoms with Crippen LogP contribution in [-0.4, -0.2) is 0 Å². The van der Waals surface area contributed by atoms with Gasteiger partial charge in [0.25, 0.3) is 0 Å². The van der Waals surface area contributed by atoms with Gasteiger partial charge >= 0.3 is 0 Å². The summed E-state index contributed by atoms with van der Waals surface area (Å²) in [5.74, 6) is 7.81. The lowest BCUT2D eigenvalue weighted by Crippen LogP contribution is -2.74. The lowest BCUT2D eigenvalue weighted by Gasteiger charge is -2.79. The summed E-state index contributed by atoms with van der Waals surface area (Å²) in [6.07, 6.45) is 9.34. The van der Waals surface area contributed by atoms with Crippen LogP contribution in [0.2, 0.25) is 0 Å². The molecule has 0 aromatic heterocycles. The van der Waals surface area contributed by atoms with Crippen molar-refractivity contribution in [2.75, 3.05) is 0 Å². The molecule has 12 atom stereocenters. The van der Waals surface area contributed by atoms with Gasteiger partial charge < -0.3 is 0 Å². The van der Waals surface area contributed by atoms with E-state index in [1.807, 2.05) is 0 Å². The third-order valence-corrected chi connectivity index (χ3v) is 13.9. The monoisotopic (exact) mass is 368 g/mol. The second-order valence-electron chi connectivity index (χ2n) is 13.7. The zero-order chi connectivity index (χ0) is 19.4. The van der Waals surface area contributed by atoms with Crippen molar-refractivity contribution in [1.29, 1.82) is 0 Å². The standard InChI is InChI=1S/C27H44/c1-9-25-13-21-19-12-26-17(5)11-23(7,22(26)15(2)3)20(19)10-16(4)27(21,14-25)24(26,8)18(25)6/h15-22H,9-14H2,1-8H3. The van der Waals surface area contributed by atoms with Gasteiger partial charge in [0.15, 0.2) is 0 Å². The smallest absolute Gasteiger partial charge is 0.0171 e. The average Bonchev–Trinajstić information content (AvgIpc) is 3.13. The van der Waals surface area contributed by atoms with Crippen LogP contribution in [-0.2, 0) is 0 Å². The molecule has 0 aliphatic heterocycles. The number of hydrogen-bond donors (Lipinski definition) is 0. The number of fused-ring (bicyclic) bond motifs is 3. The van der Waals surface area contributed by atoms with Crippen molar-refractivity contribution in [3.63, 3.8) is 0 Å². The van der Waals surface area contributed by atoms with Crippen LogP contribution in [0.3, 0.4) is 0 Å². The van der Waals surface area contributed by atoms with Crippen LogP contribution in [0, 0.1) is 74.4 Å². The molecule has 0 saturated heterocycles. The third-order valence-electron chi connectivity index (χ3n) is 13.9. The maximum Gasteiger partial charge on any atom is -0.0171 e. The molecule has 152 valence electrons. The Kier molecular flexibility index (Phi) is 2.98. The minimum Gasteiger partial charge on any atom is -0.0648 e. The molecular formula is C27H44. The molecule has 2 spiro atoms. The van der Waals surface area contributed by atoms with Crippen LogP contribution >= 0.6 is 0 Å². The van der Waals surface area contributed by atoms with E-state index < -0.39 is 0 Å². The molecule has 6 rings (SSSR count). The van der Waals surface area contributed by atoms with Gasteiger partial charge in [-0.3, -0.25) is 0 Å². The van der Waals surface area contributed by atoms with Gasteiger partial charge in [-0.15, -0.1) is 0 Å². The van der Waals surface area contributed by atoms with Gasteiger partial charge in [-0.1, -0.05) is 61.8 Å². The Morgan fingerprint density at radius 2 is 1.59 bits per heavy atom. The summed E-state index contributed by atoms with van der Waals surface area (Å²) < 4.78 is 0. The van der Waals surface area contributed by atoms with Crippen LogP contribution in [0.5, 0.6) is 0 Å². The Bertz CT molecular complexity index is 707. The molecule has 0 heteroatoms. The van der Waals surface area contributed by atoms with E-state index in [9.17, 15) is 0 Å². The van der Waals surface area contributed by atoms with Crippen LogP contribution in [0.4, 0.5) is 0 Å². The molecule has 27 heavy (non-hydrogen) atoms. The van der Waals surface area contributed by atoms with Crippen LogP contribution in [0.25, 0.3) is 0 Å². The molecule has 6 saturated carbocycles. The van der Waals surface area contributed by atoms with E-state index in [1.165, 1.54) is 12.8 Å². The molecule has 12 unspecified atom stereocenters. The first-order valence-electron chi connectivity index (χ1n) is 12.6. The normalized spacial score (nSPS) is 70.3. The van der Waals surface area contributed by atoms with Crippen molar-refractivity contribution < 1.29 is 0 Å². The minimum absolute atomic E-state index is 0.576. The van der Waals surface area contributed by atoms with E-state index in [2.05, 4.69) is 55.4 Å². The predicted octanol–water partition coefficient (Wildman–Crippen LogP) is 7.43. The van der Waals surface area contributed by atoms with E-state index in [0.29, 0.717) is 27.1 Å². The topological polar surface area (TPSA) is 0 Å². The molecule has 0 heterocycles. The summed E-state index contributed by atoms with van der Waals surface area (Å²) in [4.78, 5) is 0. The van der Waals surface area contributed by atoms with Gasteiger partial charge in [0.2, 0.25) is 0 Å². The largest absolute Gasteiger partial charge is 0.0648 e. The third kappa shape index (κ3) is 1.33. The molecule has 0 N–H and O–H groups in total. The lowest BCUT2D eigenvalue weighted by atomic mass is 9.25. The number of hydrogen-bond acceptors (Lipinski definition) is 0. The van der Waals surface area contributed by atoms with Gasteiger partial charge in [0, 0.05) is 0 Å². The van der Waals surface area contributed by atoms with Crippen molar-refractivity contribution in [2.24, 2.45) is 74.4 Å². The molecular weight excluding hydrogens is 324 g/mol. The summed E-state index contributed by atoms with van der Waals surface area (Å²) in [6, 6.07) is 0. The highest BCUT2D eigenvalue weighted by molar-refractivity contribution is 5.36. The van der Waals surface area contributed by atoms with Gasteiger partial charge in [-0.2, -0.15) is 0 Å². The zero-order valence-corrected chi connectivity index (χ0v) is 19.4. The molecule has 0 aromatic rings. The molecule has 5 bridgehead atoms. The molecule has 0 radical (unpaired) electrons. The second-order valence-corrected chi connectivity index (χ2v) is 13.7. The molecule has 6 aliphatic rings. The quantitative estimate of drug-likeness (QED) is 0.475. The van der Waals surface area contributed by atoms with Crippen LogP contribution in [0.1, 0.15) is 93.9 Å². The Morgan fingerprint density at radius 3 is 2.22 bits per heavy atom. The van der Waals surface area contributed by atoms with E-state index in [4.69, 9.17) is 0 Å². The Labute approximate surface area is 168 Å². The summed E-state index contributed by atoms with van der Waals surface area (Å²) in [6.45, 7) is 21.6. The van der Waals surface area contributed by atoms with E-state index in [0.717, 1.165) is 47.3 Å². The minimum atomic E-state index is 0.576. The second kappa shape index (κ2) is 4.51. The highest BCUT2D eigenvalue weighted by Gasteiger charge is 2.89. The lowest BCUT2D eigenvalue weighted by molar-refractivity contribution is -0.313. The highest BCUT2D eigenvalue weighted by atomic mass is 14.9. The van der Waals surface area contributed by atoms with Gasteiger partial charge in [0.1, 0.15) is 0 Å². The van der Waals surface area contributed by atoms with Crippen molar-refractivity contribution in [1.82, 2.24) is 0 Å². The van der Waals surface area contributed by atoms with Crippen molar-refractivity contribution in [2.45, 2.75) is 93.9 Å². The van der Waals surface area contributed by atoms with Gasteiger partial charge in [-0.05, 0) is 107 Å². The zero-order valence-electron chi connectivity index (χ0n) is 19.4. The summed E-state index contributed by atoms with van der Waals surface area (Å²) >= 11 is 0. The molecule has 0 amide bonds. The SMILES string of the molecule is CCC12CC3C4CC56C(C)CC(C)(C4CC(C)C3(C1)C5(C)C2C)C6C(C)C.